The second-order valence-electron chi connectivity index (χ2n) is 7.08. The predicted molar refractivity (Wildman–Crippen MR) is 104 cm³/mol. The maximum atomic E-state index is 11.8. The van der Waals surface area contributed by atoms with Crippen molar-refractivity contribution in [3.05, 3.63) is 36.0 Å². The summed E-state index contributed by atoms with van der Waals surface area (Å²) in [4.78, 5) is 27.2. The SMILES string of the molecule is CN1CCC(c2cn(CCN3C(=O)CNC3=O)c3ccccc23)CC1.Cl. The summed E-state index contributed by atoms with van der Waals surface area (Å²) in [5.74, 6) is 0.441. The molecule has 0 bridgehead atoms. The molecule has 1 N–H and O–H groups in total. The zero-order valence-electron chi connectivity index (χ0n) is 15.0. The van der Waals surface area contributed by atoms with Crippen LogP contribution in [0.1, 0.15) is 24.3 Å². The monoisotopic (exact) mass is 376 g/mol. The largest absolute Gasteiger partial charge is 0.345 e. The van der Waals surface area contributed by atoms with Crippen LogP contribution >= 0.6 is 12.4 Å². The molecule has 3 heterocycles. The molecule has 0 saturated carbocycles. The average molecular weight is 377 g/mol. The number of hydrogen-bond acceptors (Lipinski definition) is 3. The Kier molecular flexibility index (Phi) is 5.53. The van der Waals surface area contributed by atoms with Crippen LogP contribution < -0.4 is 5.32 Å². The number of imide groups is 1. The molecule has 1 aromatic heterocycles. The van der Waals surface area contributed by atoms with E-state index in [4.69, 9.17) is 0 Å². The molecule has 6 nitrogen and oxygen atoms in total. The lowest BCUT2D eigenvalue weighted by atomic mass is 9.89. The molecule has 2 aliphatic heterocycles. The molecule has 26 heavy (non-hydrogen) atoms. The van der Waals surface area contributed by atoms with E-state index in [1.807, 2.05) is 6.07 Å². The summed E-state index contributed by atoms with van der Waals surface area (Å²) in [6, 6.07) is 8.16. The third-order valence-corrected chi connectivity index (χ3v) is 5.48. The number of piperidine rings is 1. The van der Waals surface area contributed by atoms with Crippen molar-refractivity contribution in [2.45, 2.75) is 25.3 Å². The normalized spacial score (nSPS) is 19.0. The van der Waals surface area contributed by atoms with Gasteiger partial charge in [0.25, 0.3) is 0 Å². The van der Waals surface area contributed by atoms with Gasteiger partial charge in [-0.2, -0.15) is 0 Å². The number of carbonyl (C=O) groups excluding carboxylic acids is 2. The molecule has 0 aliphatic carbocycles. The molecule has 3 amide bonds. The quantitative estimate of drug-likeness (QED) is 0.834. The molecular formula is C19H25ClN4O2. The Bertz CT molecular complexity index is 795. The first-order chi connectivity index (χ1) is 12.1. The summed E-state index contributed by atoms with van der Waals surface area (Å²) in [5, 5.41) is 3.88. The van der Waals surface area contributed by atoms with Crippen LogP contribution in [0.25, 0.3) is 10.9 Å². The highest BCUT2D eigenvalue weighted by atomic mass is 35.5. The number of halogens is 1. The van der Waals surface area contributed by atoms with E-state index in [-0.39, 0.29) is 30.9 Å². The fourth-order valence-electron chi connectivity index (χ4n) is 3.99. The standard InChI is InChI=1S/C19H24N4O2.ClH/c1-21-8-6-14(7-9-21)16-13-22(17-5-3-2-4-15(16)17)10-11-23-18(24)12-20-19(23)25;/h2-5,13-14H,6-12H2,1H3,(H,20,25);1H. The molecule has 4 rings (SSSR count). The zero-order valence-corrected chi connectivity index (χ0v) is 15.8. The lowest BCUT2D eigenvalue weighted by molar-refractivity contribution is -0.125. The summed E-state index contributed by atoms with van der Waals surface area (Å²) in [6.07, 6.45) is 4.59. The number of urea groups is 1. The van der Waals surface area contributed by atoms with Gasteiger partial charge in [0.2, 0.25) is 5.91 Å². The number of rotatable bonds is 4. The second kappa shape index (κ2) is 7.68. The number of hydrogen-bond donors (Lipinski definition) is 1. The van der Waals surface area contributed by atoms with Crippen LogP contribution in [0.15, 0.2) is 30.5 Å². The number of likely N-dealkylation sites (tertiary alicyclic amines) is 1. The van der Waals surface area contributed by atoms with E-state index in [1.165, 1.54) is 34.2 Å². The third-order valence-electron chi connectivity index (χ3n) is 5.48. The van der Waals surface area contributed by atoms with Gasteiger partial charge in [-0.25, -0.2) is 4.79 Å². The molecular weight excluding hydrogens is 352 g/mol. The van der Waals surface area contributed by atoms with Crippen LogP contribution in [-0.4, -0.2) is 59.5 Å². The lowest BCUT2D eigenvalue weighted by Gasteiger charge is -2.28. The number of fused-ring (bicyclic) bond motifs is 1. The molecule has 2 saturated heterocycles. The van der Waals surface area contributed by atoms with Crippen molar-refractivity contribution >= 4 is 35.2 Å². The topological polar surface area (TPSA) is 57.6 Å². The number of nitrogens with zero attached hydrogens (tertiary/aromatic N) is 3. The summed E-state index contributed by atoms with van der Waals surface area (Å²) in [7, 11) is 2.18. The first-order valence-corrected chi connectivity index (χ1v) is 8.98. The summed E-state index contributed by atoms with van der Waals surface area (Å²) < 4.78 is 2.20. The molecule has 0 atom stereocenters. The van der Waals surface area contributed by atoms with Gasteiger partial charge in [-0.15, -0.1) is 12.4 Å². The van der Waals surface area contributed by atoms with Crippen LogP contribution in [0, 0.1) is 0 Å². The number of nitrogens with one attached hydrogen (secondary N) is 1. The van der Waals surface area contributed by atoms with Crippen LogP contribution in [0.3, 0.4) is 0 Å². The number of amides is 3. The van der Waals surface area contributed by atoms with Crippen molar-refractivity contribution < 1.29 is 9.59 Å². The van der Waals surface area contributed by atoms with Crippen molar-refractivity contribution in [1.82, 2.24) is 19.7 Å². The molecule has 0 unspecified atom stereocenters. The maximum absolute atomic E-state index is 11.8. The maximum Gasteiger partial charge on any atom is 0.324 e. The van der Waals surface area contributed by atoms with Gasteiger partial charge < -0.3 is 14.8 Å². The lowest BCUT2D eigenvalue weighted by Crippen LogP contribution is -2.33. The summed E-state index contributed by atoms with van der Waals surface area (Å²) >= 11 is 0. The first kappa shape index (κ1) is 18.7. The van der Waals surface area contributed by atoms with E-state index in [9.17, 15) is 9.59 Å². The minimum Gasteiger partial charge on any atom is -0.345 e. The molecule has 140 valence electrons. The van der Waals surface area contributed by atoms with Gasteiger partial charge in [0.05, 0.1) is 6.54 Å². The Morgan fingerprint density at radius 1 is 1.12 bits per heavy atom. The van der Waals surface area contributed by atoms with E-state index >= 15 is 0 Å². The van der Waals surface area contributed by atoms with Crippen LogP contribution in [0.4, 0.5) is 4.79 Å². The van der Waals surface area contributed by atoms with Crippen LogP contribution in [0.2, 0.25) is 0 Å². The molecule has 7 heteroatoms. The second-order valence-corrected chi connectivity index (χ2v) is 7.08. The first-order valence-electron chi connectivity index (χ1n) is 8.98. The highest BCUT2D eigenvalue weighted by molar-refractivity contribution is 6.01. The molecule has 1 aromatic carbocycles. The van der Waals surface area contributed by atoms with Crippen LogP contribution in [0.5, 0.6) is 0 Å². The summed E-state index contributed by atoms with van der Waals surface area (Å²) in [5.41, 5.74) is 2.59. The number of para-hydroxylation sites is 1. The third kappa shape index (κ3) is 3.44. The average Bonchev–Trinajstić information content (AvgIpc) is 3.15. The Morgan fingerprint density at radius 2 is 1.85 bits per heavy atom. The fourth-order valence-corrected chi connectivity index (χ4v) is 3.99. The van der Waals surface area contributed by atoms with E-state index in [2.05, 4.69) is 46.2 Å². The zero-order chi connectivity index (χ0) is 17.4. The van der Waals surface area contributed by atoms with Crippen molar-refractivity contribution in [2.75, 3.05) is 33.2 Å². The van der Waals surface area contributed by atoms with Gasteiger partial charge in [-0.3, -0.25) is 9.69 Å². The van der Waals surface area contributed by atoms with E-state index in [0.29, 0.717) is 19.0 Å². The highest BCUT2D eigenvalue weighted by Gasteiger charge is 2.28. The van der Waals surface area contributed by atoms with Gasteiger partial charge >= 0.3 is 6.03 Å². The van der Waals surface area contributed by atoms with E-state index in [1.54, 1.807) is 0 Å². The summed E-state index contributed by atoms with van der Waals surface area (Å²) in [6.45, 7) is 3.42. The van der Waals surface area contributed by atoms with Gasteiger partial charge in [0.1, 0.15) is 0 Å². The van der Waals surface area contributed by atoms with Crippen molar-refractivity contribution in [2.24, 2.45) is 0 Å². The van der Waals surface area contributed by atoms with Gasteiger partial charge in [0, 0.05) is 30.2 Å². The molecule has 0 radical (unpaired) electrons. The number of aromatic nitrogens is 1. The Labute approximate surface area is 159 Å². The molecule has 2 aromatic rings. The Hall–Kier alpha value is -2.05. The van der Waals surface area contributed by atoms with Gasteiger partial charge in [-0.1, -0.05) is 18.2 Å². The number of benzene rings is 1. The van der Waals surface area contributed by atoms with E-state index < -0.39 is 0 Å². The fraction of sp³-hybridized carbons (Fsp3) is 0.474. The van der Waals surface area contributed by atoms with Gasteiger partial charge in [-0.05, 0) is 50.5 Å². The Balaban J connectivity index is 0.00000196. The Morgan fingerprint density at radius 3 is 2.54 bits per heavy atom. The minimum absolute atomic E-state index is 0. The van der Waals surface area contributed by atoms with Crippen molar-refractivity contribution in [3.8, 4) is 0 Å². The molecule has 2 fully saturated rings. The smallest absolute Gasteiger partial charge is 0.324 e. The minimum atomic E-state index is -0.281. The van der Waals surface area contributed by atoms with Crippen molar-refractivity contribution in [3.63, 3.8) is 0 Å². The molecule has 2 aliphatic rings. The molecule has 0 spiro atoms. The number of carbonyl (C=O) groups is 2. The van der Waals surface area contributed by atoms with Crippen molar-refractivity contribution in [1.29, 1.82) is 0 Å². The highest BCUT2D eigenvalue weighted by Crippen LogP contribution is 2.34. The van der Waals surface area contributed by atoms with E-state index in [0.717, 1.165) is 13.1 Å². The van der Waals surface area contributed by atoms with Gasteiger partial charge in [0.15, 0.2) is 0 Å². The van der Waals surface area contributed by atoms with Crippen LogP contribution in [-0.2, 0) is 11.3 Å². The predicted octanol–water partition coefficient (Wildman–Crippen LogP) is 2.42.